The Balaban J connectivity index is 2.82. The van der Waals surface area contributed by atoms with Crippen LogP contribution in [0.3, 0.4) is 0 Å². The summed E-state index contributed by atoms with van der Waals surface area (Å²) >= 11 is 8.41. The van der Waals surface area contributed by atoms with E-state index < -0.39 is 0 Å². The van der Waals surface area contributed by atoms with Gasteiger partial charge in [-0.1, -0.05) is 0 Å². The lowest BCUT2D eigenvalue weighted by Crippen LogP contribution is -2.30. The van der Waals surface area contributed by atoms with Crippen molar-refractivity contribution >= 4 is 30.0 Å². The maximum atomic E-state index is 5.06. The molecule has 4 heteroatoms. The lowest BCUT2D eigenvalue weighted by atomic mass is 10.7. The fraction of sp³-hybridized carbons (Fsp3) is 0.667. The maximum Gasteiger partial charge on any atom is 0.163 e. The topological polar surface area (TPSA) is 38.0 Å². The van der Waals surface area contributed by atoms with Gasteiger partial charge >= 0.3 is 0 Å². The van der Waals surface area contributed by atoms with E-state index in [4.69, 9.17) is 5.73 Å². The minimum Gasteiger partial charge on any atom is -0.376 e. The number of nitrogens with two attached hydrogens (primary N) is 1. The molecule has 7 heavy (non-hydrogen) atoms. The first-order valence-electron chi connectivity index (χ1n) is 1.91. The molecule has 0 fully saturated rings. The normalized spacial score (nSPS) is 8.14. The van der Waals surface area contributed by atoms with Gasteiger partial charge in [-0.3, -0.25) is 0 Å². The van der Waals surface area contributed by atoms with Crippen molar-refractivity contribution in [3.63, 3.8) is 0 Å². The van der Waals surface area contributed by atoms with E-state index in [0.717, 1.165) is 12.3 Å². The summed E-state index contributed by atoms with van der Waals surface area (Å²) in [6.07, 6.45) is 0. The van der Waals surface area contributed by atoms with Crippen molar-refractivity contribution in [1.82, 2.24) is 5.32 Å². The summed E-state index contributed by atoms with van der Waals surface area (Å²) in [5, 5.41) is 3.07. The number of thiol groups is 1. The first kappa shape index (κ1) is 7.04. The molecule has 0 aromatic rings. The van der Waals surface area contributed by atoms with E-state index in [1.54, 1.807) is 0 Å². The molecule has 0 rings (SSSR count). The van der Waals surface area contributed by atoms with Gasteiger partial charge in [0.15, 0.2) is 5.11 Å². The van der Waals surface area contributed by atoms with E-state index in [-0.39, 0.29) is 0 Å². The van der Waals surface area contributed by atoms with Gasteiger partial charge in [0.05, 0.1) is 0 Å². The van der Waals surface area contributed by atoms with Crippen LogP contribution in [0.25, 0.3) is 0 Å². The van der Waals surface area contributed by atoms with Crippen molar-refractivity contribution in [2.45, 2.75) is 0 Å². The third-order valence-electron chi connectivity index (χ3n) is 0.411. The molecule has 0 aromatic heterocycles. The highest BCUT2D eigenvalue weighted by Crippen LogP contribution is 1.66. The number of hydrogen-bond donors (Lipinski definition) is 3. The first-order valence-corrected chi connectivity index (χ1v) is 2.95. The molecule has 3 N–H and O–H groups in total. The summed E-state index contributed by atoms with van der Waals surface area (Å²) < 4.78 is 0. The van der Waals surface area contributed by atoms with E-state index >= 15 is 0 Å². The van der Waals surface area contributed by atoms with Gasteiger partial charge in [0.1, 0.15) is 0 Å². The second-order valence-corrected chi connectivity index (χ2v) is 1.90. The first-order chi connectivity index (χ1) is 3.27. The van der Waals surface area contributed by atoms with Crippen LogP contribution < -0.4 is 11.1 Å². The highest BCUT2D eigenvalue weighted by atomic mass is 32.1. The Kier molecular flexibility index (Phi) is 4.23. The third kappa shape index (κ3) is 6.04. The van der Waals surface area contributed by atoms with Crippen LogP contribution >= 0.6 is 24.8 Å². The molecule has 0 bridgehead atoms. The molecule has 0 aromatic carbocycles. The van der Waals surface area contributed by atoms with Gasteiger partial charge in [-0.2, -0.15) is 12.6 Å². The van der Waals surface area contributed by atoms with E-state index in [0.29, 0.717) is 5.11 Å². The van der Waals surface area contributed by atoms with Crippen molar-refractivity contribution < 1.29 is 0 Å². The lowest BCUT2D eigenvalue weighted by molar-refractivity contribution is 0.987. The zero-order valence-electron chi connectivity index (χ0n) is 3.85. The Bertz CT molecular complexity index is 64.0. The molecule has 0 saturated heterocycles. The van der Waals surface area contributed by atoms with Crippen molar-refractivity contribution in [3.05, 3.63) is 0 Å². The summed E-state index contributed by atoms with van der Waals surface area (Å²) in [4.78, 5) is 0. The van der Waals surface area contributed by atoms with Crippen LogP contribution in [0.5, 0.6) is 0 Å². The van der Waals surface area contributed by atoms with Crippen LogP contribution in [-0.2, 0) is 0 Å². The second kappa shape index (κ2) is 4.21. The van der Waals surface area contributed by atoms with Crippen LogP contribution in [0.2, 0.25) is 0 Å². The van der Waals surface area contributed by atoms with Crippen LogP contribution in [0.1, 0.15) is 0 Å². The molecule has 0 aliphatic heterocycles. The molecule has 0 heterocycles. The SMILES string of the molecule is NC(=S)NCCS. The largest absolute Gasteiger partial charge is 0.376 e. The molecule has 0 spiro atoms. The molecule has 0 aliphatic rings. The van der Waals surface area contributed by atoms with E-state index in [1.165, 1.54) is 0 Å². The smallest absolute Gasteiger partial charge is 0.163 e. The third-order valence-corrected chi connectivity index (χ3v) is 0.779. The van der Waals surface area contributed by atoms with E-state index in [9.17, 15) is 0 Å². The molecule has 0 aliphatic carbocycles. The number of nitrogens with one attached hydrogen (secondary N) is 1. The molecule has 2 nitrogen and oxygen atoms in total. The Morgan fingerprint density at radius 3 is 2.57 bits per heavy atom. The fourth-order valence-electron chi connectivity index (χ4n) is 0.179. The Morgan fingerprint density at radius 2 is 2.43 bits per heavy atom. The van der Waals surface area contributed by atoms with Crippen LogP contribution in [-0.4, -0.2) is 17.4 Å². The number of hydrogen-bond acceptors (Lipinski definition) is 2. The summed E-state index contributed by atoms with van der Waals surface area (Å²) in [5.41, 5.74) is 5.06. The lowest BCUT2D eigenvalue weighted by Gasteiger charge is -1.96. The van der Waals surface area contributed by atoms with E-state index in [1.807, 2.05) is 0 Å². The summed E-state index contributed by atoms with van der Waals surface area (Å²) in [5.74, 6) is 0.761. The van der Waals surface area contributed by atoms with Gasteiger partial charge in [0.25, 0.3) is 0 Å². The minimum absolute atomic E-state index is 0.342. The minimum atomic E-state index is 0.342. The van der Waals surface area contributed by atoms with Crippen molar-refractivity contribution in [2.24, 2.45) is 5.73 Å². The van der Waals surface area contributed by atoms with Crippen molar-refractivity contribution in [3.8, 4) is 0 Å². The summed E-state index contributed by atoms with van der Waals surface area (Å²) in [6.45, 7) is 0.748. The molecule has 0 radical (unpaired) electrons. The van der Waals surface area contributed by atoms with Gasteiger partial charge < -0.3 is 11.1 Å². The zero-order valence-corrected chi connectivity index (χ0v) is 5.56. The molecule has 0 unspecified atom stereocenters. The van der Waals surface area contributed by atoms with Gasteiger partial charge in [0.2, 0.25) is 0 Å². The highest BCUT2D eigenvalue weighted by Gasteiger charge is 1.79. The molecular weight excluding hydrogens is 128 g/mol. The predicted molar refractivity (Wildman–Crippen MR) is 38.6 cm³/mol. The van der Waals surface area contributed by atoms with Gasteiger partial charge in [-0.15, -0.1) is 0 Å². The van der Waals surface area contributed by atoms with Crippen LogP contribution in [0.15, 0.2) is 0 Å². The Morgan fingerprint density at radius 1 is 1.86 bits per heavy atom. The Labute approximate surface area is 53.9 Å². The predicted octanol–water partition coefficient (Wildman–Crippen LogP) is -0.251. The average molecular weight is 136 g/mol. The molecule has 0 atom stereocenters. The second-order valence-electron chi connectivity index (χ2n) is 1.01. The van der Waals surface area contributed by atoms with Crippen molar-refractivity contribution in [2.75, 3.05) is 12.3 Å². The molecule has 0 amide bonds. The monoisotopic (exact) mass is 136 g/mol. The summed E-state index contributed by atoms with van der Waals surface area (Å²) in [6, 6.07) is 0. The van der Waals surface area contributed by atoms with Crippen LogP contribution in [0, 0.1) is 0 Å². The zero-order chi connectivity index (χ0) is 5.70. The molecule has 42 valence electrons. The maximum absolute atomic E-state index is 5.06. The molecular formula is C3H8N2S2. The Hall–Kier alpha value is 0.0400. The van der Waals surface area contributed by atoms with Crippen molar-refractivity contribution in [1.29, 1.82) is 0 Å². The van der Waals surface area contributed by atoms with E-state index in [2.05, 4.69) is 30.2 Å². The standard InChI is InChI=1S/C3H8N2S2/c4-3(7)5-1-2-6/h6H,1-2H2,(H3,4,5,7). The van der Waals surface area contributed by atoms with Crippen LogP contribution in [0.4, 0.5) is 0 Å². The quantitative estimate of drug-likeness (QED) is 0.362. The number of rotatable bonds is 2. The molecule has 0 saturated carbocycles. The summed E-state index contributed by atoms with van der Waals surface area (Å²) in [7, 11) is 0. The van der Waals surface area contributed by atoms with Gasteiger partial charge in [-0.05, 0) is 12.2 Å². The number of thiocarbonyl (C=S) groups is 1. The van der Waals surface area contributed by atoms with Gasteiger partial charge in [-0.25, -0.2) is 0 Å². The van der Waals surface area contributed by atoms with Gasteiger partial charge in [0, 0.05) is 12.3 Å². The average Bonchev–Trinajstić information content (AvgIpc) is 1.61. The highest BCUT2D eigenvalue weighted by molar-refractivity contribution is 7.80. The fourth-order valence-corrected chi connectivity index (χ4v) is 0.393.